The normalized spacial score (nSPS) is 25.7. The zero-order chi connectivity index (χ0) is 34.0. The van der Waals surface area contributed by atoms with E-state index in [1.165, 1.54) is 29.3 Å². The van der Waals surface area contributed by atoms with Crippen LogP contribution in [0.2, 0.25) is 0 Å². The first-order valence-corrected chi connectivity index (χ1v) is 16.0. The topological polar surface area (TPSA) is 89.6 Å². The van der Waals surface area contributed by atoms with Crippen molar-refractivity contribution in [2.75, 3.05) is 50.1 Å². The van der Waals surface area contributed by atoms with Crippen LogP contribution in [0.3, 0.4) is 0 Å². The SMILES string of the molecule is C#Cc1c(F)ccc2cc(N)cc(-c3ncc4c(N5CCOCC(C)[C@@H]5F)nc(OC[C@@]5(C)CCCN5CC5CC5(F)F)nc4c3F)c12. The van der Waals surface area contributed by atoms with E-state index in [4.69, 9.17) is 21.6 Å². The average molecular weight is 667 g/mol. The Morgan fingerprint density at radius 2 is 1.98 bits per heavy atom. The summed E-state index contributed by atoms with van der Waals surface area (Å²) < 4.78 is 86.8. The molecule has 2 N–H and O–H groups in total. The van der Waals surface area contributed by atoms with Gasteiger partial charge in [-0.15, -0.1) is 6.42 Å². The molecule has 252 valence electrons. The summed E-state index contributed by atoms with van der Waals surface area (Å²) in [7, 11) is 0. The van der Waals surface area contributed by atoms with E-state index >= 15 is 8.78 Å². The van der Waals surface area contributed by atoms with Crippen molar-refractivity contribution in [1.82, 2.24) is 19.9 Å². The first kappa shape index (κ1) is 32.3. The van der Waals surface area contributed by atoms with Gasteiger partial charge in [0.1, 0.15) is 29.5 Å². The van der Waals surface area contributed by atoms with Crippen LogP contribution in [0.5, 0.6) is 6.01 Å². The molecule has 4 atom stereocenters. The molecule has 8 nitrogen and oxygen atoms in total. The molecule has 0 amide bonds. The summed E-state index contributed by atoms with van der Waals surface area (Å²) in [6.45, 7) is 5.07. The quantitative estimate of drug-likeness (QED) is 0.106. The molecule has 1 aliphatic carbocycles. The number of hydrogen-bond donors (Lipinski definition) is 1. The van der Waals surface area contributed by atoms with Crippen molar-refractivity contribution in [3.05, 3.63) is 47.7 Å². The summed E-state index contributed by atoms with van der Waals surface area (Å²) in [4.78, 5) is 16.8. The predicted molar refractivity (Wildman–Crippen MR) is 173 cm³/mol. The summed E-state index contributed by atoms with van der Waals surface area (Å²) in [6.07, 6.45) is 6.85. The first-order valence-electron chi connectivity index (χ1n) is 16.0. The lowest BCUT2D eigenvalue weighted by Crippen LogP contribution is -2.47. The number of hydrogen-bond acceptors (Lipinski definition) is 8. The number of alkyl halides is 3. The lowest BCUT2D eigenvalue weighted by molar-refractivity contribution is 0.0525. The van der Waals surface area contributed by atoms with Crippen LogP contribution in [-0.2, 0) is 4.74 Å². The second-order valence-electron chi connectivity index (χ2n) is 13.4. The van der Waals surface area contributed by atoms with Crippen molar-refractivity contribution in [3.63, 3.8) is 0 Å². The molecule has 2 aliphatic heterocycles. The van der Waals surface area contributed by atoms with Gasteiger partial charge >= 0.3 is 6.01 Å². The molecule has 4 heterocycles. The minimum atomic E-state index is -2.65. The molecule has 2 aromatic heterocycles. The number of halogens is 5. The van der Waals surface area contributed by atoms with Crippen molar-refractivity contribution >= 4 is 33.2 Å². The fourth-order valence-corrected chi connectivity index (χ4v) is 6.96. The Balaban J connectivity index is 1.34. The van der Waals surface area contributed by atoms with E-state index in [0.717, 1.165) is 6.42 Å². The zero-order valence-corrected chi connectivity index (χ0v) is 26.6. The van der Waals surface area contributed by atoms with Gasteiger partial charge in [-0.2, -0.15) is 9.97 Å². The third kappa shape index (κ3) is 5.64. The number of anilines is 2. The fourth-order valence-electron chi connectivity index (χ4n) is 6.96. The summed E-state index contributed by atoms with van der Waals surface area (Å²) in [5, 5.41) is 0.868. The van der Waals surface area contributed by atoms with Crippen molar-refractivity contribution in [1.29, 1.82) is 0 Å². The molecule has 0 bridgehead atoms. The molecule has 13 heteroatoms. The van der Waals surface area contributed by atoms with Gasteiger partial charge in [-0.1, -0.05) is 18.9 Å². The average Bonchev–Trinajstić information content (AvgIpc) is 3.56. The molecule has 2 saturated heterocycles. The van der Waals surface area contributed by atoms with E-state index in [1.807, 2.05) is 11.8 Å². The molecule has 48 heavy (non-hydrogen) atoms. The van der Waals surface area contributed by atoms with Crippen LogP contribution in [0.15, 0.2) is 30.5 Å². The van der Waals surface area contributed by atoms with Crippen LogP contribution in [0.25, 0.3) is 32.9 Å². The van der Waals surface area contributed by atoms with Crippen molar-refractivity contribution in [2.45, 2.75) is 50.9 Å². The Hall–Kier alpha value is -4.28. The summed E-state index contributed by atoms with van der Waals surface area (Å²) in [6, 6.07) is 5.57. The van der Waals surface area contributed by atoms with Crippen molar-refractivity contribution in [3.8, 4) is 29.6 Å². The lowest BCUT2D eigenvalue weighted by atomic mass is 9.95. The van der Waals surface area contributed by atoms with E-state index < -0.39 is 41.2 Å². The molecule has 1 saturated carbocycles. The van der Waals surface area contributed by atoms with Crippen LogP contribution in [0.1, 0.15) is 38.7 Å². The van der Waals surface area contributed by atoms with E-state index in [0.29, 0.717) is 18.4 Å². The van der Waals surface area contributed by atoms with Crippen LogP contribution in [-0.4, -0.2) is 77.1 Å². The highest BCUT2D eigenvalue weighted by Gasteiger charge is 2.58. The number of nitrogen functional groups attached to an aromatic ring is 1. The molecule has 3 aliphatic rings. The molecule has 0 radical (unpaired) electrons. The molecule has 3 fully saturated rings. The van der Waals surface area contributed by atoms with Gasteiger partial charge in [-0.25, -0.2) is 22.0 Å². The van der Waals surface area contributed by atoms with Crippen LogP contribution in [0.4, 0.5) is 33.5 Å². The highest BCUT2D eigenvalue weighted by atomic mass is 19.3. The Kier molecular flexibility index (Phi) is 8.07. The third-order valence-corrected chi connectivity index (χ3v) is 9.84. The largest absolute Gasteiger partial charge is 0.461 e. The maximum atomic E-state index is 16.8. The van der Waals surface area contributed by atoms with Crippen molar-refractivity contribution < 1.29 is 31.4 Å². The number of benzene rings is 2. The van der Waals surface area contributed by atoms with E-state index in [1.54, 1.807) is 13.0 Å². The number of pyridine rings is 1. The smallest absolute Gasteiger partial charge is 0.319 e. The highest BCUT2D eigenvalue weighted by Crippen LogP contribution is 2.50. The van der Waals surface area contributed by atoms with E-state index in [2.05, 4.69) is 20.9 Å². The van der Waals surface area contributed by atoms with Gasteiger partial charge in [0.05, 0.1) is 29.7 Å². The highest BCUT2D eigenvalue weighted by molar-refractivity contribution is 6.03. The monoisotopic (exact) mass is 666 g/mol. The Morgan fingerprint density at radius 1 is 1.19 bits per heavy atom. The number of terminal acetylenes is 1. The first-order chi connectivity index (χ1) is 22.9. The number of fused-ring (bicyclic) bond motifs is 2. The number of nitrogens with two attached hydrogens (primary N) is 1. The lowest BCUT2D eigenvalue weighted by Gasteiger charge is -2.35. The van der Waals surface area contributed by atoms with E-state index in [-0.39, 0.29) is 90.0 Å². The van der Waals surface area contributed by atoms with Crippen molar-refractivity contribution in [2.24, 2.45) is 11.8 Å². The van der Waals surface area contributed by atoms with Gasteiger partial charge < -0.3 is 20.1 Å². The predicted octanol–water partition coefficient (Wildman–Crippen LogP) is 6.34. The van der Waals surface area contributed by atoms with Gasteiger partial charge in [0, 0.05) is 54.2 Å². The number of rotatable bonds is 7. The molecular formula is C35H35F5N6O2. The van der Waals surface area contributed by atoms with Crippen LogP contribution in [0, 0.1) is 35.8 Å². The Bertz CT molecular complexity index is 1950. The molecule has 0 spiro atoms. The fraction of sp³-hybridized carbons (Fsp3) is 0.457. The molecule has 2 aromatic carbocycles. The third-order valence-electron chi connectivity index (χ3n) is 9.84. The van der Waals surface area contributed by atoms with Gasteiger partial charge in [-0.3, -0.25) is 9.88 Å². The summed E-state index contributed by atoms with van der Waals surface area (Å²) in [5.74, 6) is -3.01. The molecule has 2 unspecified atom stereocenters. The molecule has 4 aromatic rings. The molecule has 7 rings (SSSR count). The second-order valence-corrected chi connectivity index (χ2v) is 13.4. The minimum Gasteiger partial charge on any atom is -0.461 e. The number of ether oxygens (including phenoxy) is 2. The van der Waals surface area contributed by atoms with E-state index in [9.17, 15) is 13.2 Å². The summed E-state index contributed by atoms with van der Waals surface area (Å²) in [5.41, 5.74) is 5.53. The van der Waals surface area contributed by atoms with Crippen LogP contribution >= 0.6 is 0 Å². The second kappa shape index (κ2) is 12.0. The van der Waals surface area contributed by atoms with Gasteiger partial charge in [0.15, 0.2) is 12.1 Å². The maximum absolute atomic E-state index is 16.8. The Labute approximate surface area is 274 Å². The van der Waals surface area contributed by atoms with Crippen LogP contribution < -0.4 is 15.4 Å². The number of likely N-dealkylation sites (tertiary alicyclic amines) is 1. The standard InChI is InChI=1S/C35H35F5N6O2/c1-4-23-26(36)7-6-20-12-22(41)13-24(27(20)23)29-28(37)30-25(15-42-29)32(46-10-11-47-17-19(2)31(46)38)44-33(43-30)48-18-34(3)8-5-9-45(34)16-21-14-35(21,39)40/h1,6-7,12-13,15,19,21,31H,5,8-11,14,16-18,41H2,2-3H3/t19?,21?,31-,34-/m1/s1. The molecular weight excluding hydrogens is 631 g/mol. The maximum Gasteiger partial charge on any atom is 0.319 e. The number of nitrogens with zero attached hydrogens (tertiary/aromatic N) is 5. The minimum absolute atomic E-state index is 0.0407. The van der Waals surface area contributed by atoms with Gasteiger partial charge in [0.2, 0.25) is 0 Å². The van der Waals surface area contributed by atoms with Gasteiger partial charge in [-0.05, 0) is 49.9 Å². The zero-order valence-electron chi connectivity index (χ0n) is 26.6. The number of aromatic nitrogens is 3. The Morgan fingerprint density at radius 3 is 2.73 bits per heavy atom. The summed E-state index contributed by atoms with van der Waals surface area (Å²) >= 11 is 0. The van der Waals surface area contributed by atoms with Gasteiger partial charge in [0.25, 0.3) is 5.92 Å².